The molecule has 6 rings (SSSR count). The number of hydrogen-bond acceptors (Lipinski definition) is 4. The largest absolute Gasteiger partial charge is 0.508 e. The van der Waals surface area contributed by atoms with Gasteiger partial charge in [-0.2, -0.15) is 0 Å². The molecule has 4 saturated carbocycles. The molecule has 0 spiro atoms. The Labute approximate surface area is 270 Å². The summed E-state index contributed by atoms with van der Waals surface area (Å²) in [6, 6.07) is 6.81. The Hall–Kier alpha value is -2.56. The molecule has 3 unspecified atom stereocenters. The van der Waals surface area contributed by atoms with Crippen LogP contribution in [0.3, 0.4) is 0 Å². The van der Waals surface area contributed by atoms with E-state index in [1.165, 1.54) is 11.6 Å². The fraction of sp³-hybridized carbons (Fsp3) is 0.700. The van der Waals surface area contributed by atoms with Crippen LogP contribution in [0.1, 0.15) is 112 Å². The number of allylic oxidation sites excluding steroid dienone is 2. The first-order chi connectivity index (χ1) is 21.2. The minimum absolute atomic E-state index is 0.00843. The lowest BCUT2D eigenvalue weighted by atomic mass is 9.34. The van der Waals surface area contributed by atoms with Crippen LogP contribution in [0, 0.1) is 63.1 Å². The van der Waals surface area contributed by atoms with Gasteiger partial charge >= 0.3 is 11.9 Å². The number of ether oxygens (including phenoxy) is 1. The molecule has 0 amide bonds. The Bertz CT molecular complexity index is 1380. The Morgan fingerprint density at radius 2 is 1.67 bits per heavy atom. The highest BCUT2D eigenvalue weighted by Gasteiger charge is 2.69. The van der Waals surface area contributed by atoms with Crippen LogP contribution in [0.4, 0.5) is 0 Å². The summed E-state index contributed by atoms with van der Waals surface area (Å²) in [6.07, 6.45) is 14.6. The second kappa shape index (κ2) is 11.3. The SMILES string of the molecule is CC(C)C1C2CC[C@]3(C)C(CC=C4[C@@H]5[C@@H](C)[C@H](C)CC[C@]5(C(=O)O)CC[C@]43C)[C@@]2(C)CC[C@@H]1OC(=O)/C=C/c1ccc(O)cc1. The van der Waals surface area contributed by atoms with E-state index in [1.807, 2.05) is 0 Å². The standard InChI is InChI=1S/C40H56O5/c1-24(2)34-29-17-20-39(7)32(37(29,5)19-18-31(34)45-33(42)15-10-27-8-11-28(41)12-9-27)14-13-30-35-26(4)25(3)16-21-40(35,36(43)44)23-22-38(30,39)6/h8-13,15,24-26,29,31-32,34-35,41H,14,16-23H2,1-7H3,(H,43,44)/b15-10+/t25-,26+,29?,31+,32?,34?,35+,37+,38-,39-,40+/m1/s1. The predicted molar refractivity (Wildman–Crippen MR) is 178 cm³/mol. The third-order valence-corrected chi connectivity index (χ3v) is 15.0. The van der Waals surface area contributed by atoms with Crippen LogP contribution in [-0.2, 0) is 14.3 Å². The quantitative estimate of drug-likeness (QED) is 0.196. The first-order valence-electron chi connectivity index (χ1n) is 17.8. The number of phenols is 1. The molecule has 1 aromatic rings. The minimum atomic E-state index is -0.608. The molecule has 0 aromatic heterocycles. The molecular formula is C40H56O5. The van der Waals surface area contributed by atoms with Crippen molar-refractivity contribution < 1.29 is 24.5 Å². The van der Waals surface area contributed by atoms with E-state index in [0.717, 1.165) is 63.4 Å². The number of carbonyl (C=O) groups excluding carboxylic acids is 1. The van der Waals surface area contributed by atoms with E-state index in [0.29, 0.717) is 35.5 Å². The maximum absolute atomic E-state index is 13.1. The Morgan fingerprint density at radius 1 is 0.956 bits per heavy atom. The molecule has 5 aliphatic rings. The minimum Gasteiger partial charge on any atom is -0.508 e. The number of rotatable bonds is 5. The zero-order chi connectivity index (χ0) is 32.5. The maximum Gasteiger partial charge on any atom is 0.331 e. The normalized spacial score (nSPS) is 44.3. The van der Waals surface area contributed by atoms with Crippen molar-refractivity contribution in [2.45, 2.75) is 112 Å². The average molecular weight is 617 g/mol. The first kappa shape index (κ1) is 32.4. The fourth-order valence-corrected chi connectivity index (χ4v) is 12.1. The van der Waals surface area contributed by atoms with Crippen molar-refractivity contribution in [2.24, 2.45) is 63.1 Å². The number of carboxylic acids is 1. The molecule has 246 valence electrons. The molecule has 45 heavy (non-hydrogen) atoms. The molecule has 4 fully saturated rings. The van der Waals surface area contributed by atoms with Gasteiger partial charge in [0.15, 0.2) is 0 Å². The van der Waals surface area contributed by atoms with Crippen LogP contribution in [0.2, 0.25) is 0 Å². The summed E-state index contributed by atoms with van der Waals surface area (Å²) in [4.78, 5) is 26.1. The molecule has 5 aliphatic carbocycles. The van der Waals surface area contributed by atoms with Crippen LogP contribution < -0.4 is 0 Å². The number of carbonyl (C=O) groups is 2. The van der Waals surface area contributed by atoms with Gasteiger partial charge in [0.05, 0.1) is 5.41 Å². The number of fused-ring (bicyclic) bond motifs is 7. The van der Waals surface area contributed by atoms with Gasteiger partial charge < -0.3 is 14.9 Å². The molecule has 2 N–H and O–H groups in total. The van der Waals surface area contributed by atoms with E-state index < -0.39 is 11.4 Å². The third-order valence-electron chi connectivity index (χ3n) is 15.0. The molecule has 0 heterocycles. The van der Waals surface area contributed by atoms with E-state index in [9.17, 15) is 19.8 Å². The number of aliphatic carboxylic acids is 1. The van der Waals surface area contributed by atoms with E-state index in [-0.39, 0.29) is 40.0 Å². The van der Waals surface area contributed by atoms with Crippen molar-refractivity contribution in [3.8, 4) is 5.75 Å². The number of phenolic OH excluding ortho intramolecular Hbond substituents is 1. The fourth-order valence-electron chi connectivity index (χ4n) is 12.1. The molecule has 0 radical (unpaired) electrons. The number of esters is 1. The van der Waals surface area contributed by atoms with Crippen LogP contribution in [-0.4, -0.2) is 28.3 Å². The van der Waals surface area contributed by atoms with E-state index in [4.69, 9.17) is 4.74 Å². The highest BCUT2D eigenvalue weighted by atomic mass is 16.5. The molecule has 11 atom stereocenters. The summed E-state index contributed by atoms with van der Waals surface area (Å²) >= 11 is 0. The lowest BCUT2D eigenvalue weighted by Crippen LogP contribution is -2.64. The van der Waals surface area contributed by atoms with Gasteiger partial charge in [0.2, 0.25) is 0 Å². The third kappa shape index (κ3) is 4.84. The van der Waals surface area contributed by atoms with Gasteiger partial charge in [0.1, 0.15) is 11.9 Å². The van der Waals surface area contributed by atoms with Gasteiger partial charge in [-0.3, -0.25) is 4.79 Å². The zero-order valence-corrected chi connectivity index (χ0v) is 28.6. The van der Waals surface area contributed by atoms with Gasteiger partial charge in [-0.05, 0) is 133 Å². The summed E-state index contributed by atoms with van der Waals surface area (Å²) in [5.74, 6) is 2.13. The molecule has 0 aliphatic heterocycles. The lowest BCUT2D eigenvalue weighted by molar-refractivity contribution is -0.200. The van der Waals surface area contributed by atoms with E-state index in [2.05, 4.69) is 54.5 Å². The highest BCUT2D eigenvalue weighted by Crippen LogP contribution is 2.75. The predicted octanol–water partition coefficient (Wildman–Crippen LogP) is 9.31. The Balaban J connectivity index is 1.28. The van der Waals surface area contributed by atoms with Gasteiger partial charge in [0.25, 0.3) is 0 Å². The monoisotopic (exact) mass is 616 g/mol. The number of carboxylic acid groups (broad SMARTS) is 1. The summed E-state index contributed by atoms with van der Waals surface area (Å²) in [7, 11) is 0. The maximum atomic E-state index is 13.1. The lowest BCUT2D eigenvalue weighted by Gasteiger charge is -2.70. The molecule has 5 nitrogen and oxygen atoms in total. The van der Waals surface area contributed by atoms with Crippen LogP contribution >= 0.6 is 0 Å². The van der Waals surface area contributed by atoms with Gasteiger partial charge in [-0.15, -0.1) is 0 Å². The zero-order valence-electron chi connectivity index (χ0n) is 28.6. The summed E-state index contributed by atoms with van der Waals surface area (Å²) < 4.78 is 6.24. The Kier molecular flexibility index (Phi) is 8.13. The van der Waals surface area contributed by atoms with Gasteiger partial charge in [-0.1, -0.05) is 72.2 Å². The van der Waals surface area contributed by atoms with Crippen molar-refractivity contribution in [2.75, 3.05) is 0 Å². The summed E-state index contributed by atoms with van der Waals surface area (Å²) in [5.41, 5.74) is 2.00. The highest BCUT2D eigenvalue weighted by molar-refractivity contribution is 5.87. The summed E-state index contributed by atoms with van der Waals surface area (Å²) in [5, 5.41) is 20.3. The van der Waals surface area contributed by atoms with Crippen molar-refractivity contribution in [1.82, 2.24) is 0 Å². The second-order valence-electron chi connectivity index (χ2n) is 16.9. The topological polar surface area (TPSA) is 83.8 Å². The average Bonchev–Trinajstić information content (AvgIpc) is 2.99. The number of benzene rings is 1. The van der Waals surface area contributed by atoms with Crippen LogP contribution in [0.15, 0.2) is 42.0 Å². The van der Waals surface area contributed by atoms with E-state index in [1.54, 1.807) is 30.3 Å². The van der Waals surface area contributed by atoms with Gasteiger partial charge in [0, 0.05) is 12.0 Å². The molecule has 1 aromatic carbocycles. The Morgan fingerprint density at radius 3 is 2.33 bits per heavy atom. The van der Waals surface area contributed by atoms with Gasteiger partial charge in [-0.25, -0.2) is 4.79 Å². The summed E-state index contributed by atoms with van der Waals surface area (Å²) in [6.45, 7) is 16.9. The van der Waals surface area contributed by atoms with Crippen molar-refractivity contribution >= 4 is 18.0 Å². The first-order valence-corrected chi connectivity index (χ1v) is 17.8. The van der Waals surface area contributed by atoms with Crippen molar-refractivity contribution in [3.05, 3.63) is 47.6 Å². The second-order valence-corrected chi connectivity index (χ2v) is 16.9. The number of aromatic hydroxyl groups is 1. The van der Waals surface area contributed by atoms with Crippen molar-refractivity contribution in [1.29, 1.82) is 0 Å². The molecular weight excluding hydrogens is 560 g/mol. The van der Waals surface area contributed by atoms with Crippen molar-refractivity contribution in [3.63, 3.8) is 0 Å². The van der Waals surface area contributed by atoms with Crippen LogP contribution in [0.25, 0.3) is 6.08 Å². The molecule has 0 bridgehead atoms. The molecule has 5 heteroatoms. The van der Waals surface area contributed by atoms with E-state index >= 15 is 0 Å². The molecule has 0 saturated heterocycles. The van der Waals surface area contributed by atoms with Crippen LogP contribution in [0.5, 0.6) is 5.75 Å². The smallest absolute Gasteiger partial charge is 0.331 e. The number of hydrogen-bond donors (Lipinski definition) is 2.